The van der Waals surface area contributed by atoms with Crippen LogP contribution in [0.15, 0.2) is 0 Å². The molecule has 0 bridgehead atoms. The third-order valence-electron chi connectivity index (χ3n) is 8.08. The third-order valence-corrected chi connectivity index (χ3v) is 8.98. The average Bonchev–Trinajstić information content (AvgIpc) is 2.83. The largest absolute Gasteiger partial charge is 0.328 e. The molecule has 0 aliphatic heterocycles. The van der Waals surface area contributed by atoms with Gasteiger partial charge in [-0.25, -0.2) is 0 Å². The Labute approximate surface area is 245 Å². The number of rotatable bonds is 30. The van der Waals surface area contributed by atoms with Gasteiger partial charge in [0.25, 0.3) is 0 Å². The lowest BCUT2D eigenvalue weighted by Gasteiger charge is -2.30. The molecule has 4 nitrogen and oxygen atoms in total. The van der Waals surface area contributed by atoms with E-state index in [9.17, 15) is 4.57 Å². The second-order valence-corrected chi connectivity index (χ2v) is 14.4. The highest BCUT2D eigenvalue weighted by Gasteiger charge is 2.13. The zero-order chi connectivity index (χ0) is 27.5. The van der Waals surface area contributed by atoms with Crippen LogP contribution in [0, 0.1) is 0 Å². The first kappa shape index (κ1) is 40.5. The van der Waals surface area contributed by atoms with E-state index in [4.69, 9.17) is 9.79 Å². The summed E-state index contributed by atoms with van der Waals surface area (Å²) >= 11 is 0. The molecule has 0 rings (SSSR count). The minimum absolute atomic E-state index is 0. The minimum Gasteiger partial charge on any atom is -0.328 e. The van der Waals surface area contributed by atoms with Crippen LogP contribution in [0.5, 0.6) is 0 Å². The molecule has 0 fully saturated rings. The maximum Gasteiger partial charge on any atom is 0.325 e. The molecule has 0 radical (unpaired) electrons. The summed E-state index contributed by atoms with van der Waals surface area (Å²) in [5, 5.41) is 0. The predicted octanol–water partition coefficient (Wildman–Crippen LogP) is 10.8. The monoisotopic (exact) mass is 582 g/mol. The lowest BCUT2D eigenvalue weighted by molar-refractivity contribution is -0.890. The van der Waals surface area contributed by atoms with E-state index in [1.165, 1.54) is 165 Å². The van der Waals surface area contributed by atoms with Gasteiger partial charge in [-0.15, -0.1) is 12.4 Å². The van der Waals surface area contributed by atoms with Crippen molar-refractivity contribution >= 4 is 20.0 Å². The summed E-state index contributed by atoms with van der Waals surface area (Å²) in [6.07, 6.45) is 35.1. The maximum absolute atomic E-state index is 10.8. The molecular weight excluding hydrogens is 513 g/mol. The molecule has 2 N–H and O–H groups in total. The second-order valence-electron chi connectivity index (χ2n) is 12.6. The van der Waals surface area contributed by atoms with Crippen molar-refractivity contribution in [1.82, 2.24) is 0 Å². The number of halogens is 1. The minimum atomic E-state index is -3.78. The Morgan fingerprint density at radius 3 is 0.947 bits per heavy atom. The van der Waals surface area contributed by atoms with Crippen molar-refractivity contribution < 1.29 is 18.8 Å². The molecule has 0 saturated carbocycles. The number of quaternary nitrogens is 1. The SMILES string of the molecule is CCCCCCCCCCCCCCCCCC[N+](C)(C)CCCCCCCCCCCCP(=O)(O)O.Cl. The van der Waals surface area contributed by atoms with E-state index in [1.807, 2.05) is 0 Å². The highest BCUT2D eigenvalue weighted by molar-refractivity contribution is 7.51. The molecule has 0 heterocycles. The summed E-state index contributed by atoms with van der Waals surface area (Å²) in [6.45, 7) is 4.95. The Morgan fingerprint density at radius 2 is 0.684 bits per heavy atom. The van der Waals surface area contributed by atoms with E-state index in [0.29, 0.717) is 6.42 Å². The summed E-state index contributed by atoms with van der Waals surface area (Å²) in [5.74, 6) is 0. The number of unbranched alkanes of at least 4 members (excludes halogenated alkanes) is 24. The molecule has 232 valence electrons. The summed E-state index contributed by atoms with van der Waals surface area (Å²) < 4.78 is 12.0. The molecule has 0 aromatic carbocycles. The molecule has 0 amide bonds. The highest BCUT2D eigenvalue weighted by atomic mass is 35.5. The topological polar surface area (TPSA) is 57.5 Å². The Balaban J connectivity index is 0. The van der Waals surface area contributed by atoms with Crippen molar-refractivity contribution in [3.8, 4) is 0 Å². The van der Waals surface area contributed by atoms with Gasteiger partial charge in [-0.2, -0.15) is 0 Å². The van der Waals surface area contributed by atoms with Gasteiger partial charge in [0.15, 0.2) is 0 Å². The first-order chi connectivity index (χ1) is 17.8. The molecule has 0 aliphatic rings. The van der Waals surface area contributed by atoms with E-state index in [1.54, 1.807) is 0 Å². The summed E-state index contributed by atoms with van der Waals surface area (Å²) in [5.41, 5.74) is 0. The molecule has 0 unspecified atom stereocenters. The van der Waals surface area contributed by atoms with Crippen LogP contribution in [0.2, 0.25) is 0 Å². The maximum atomic E-state index is 10.8. The van der Waals surface area contributed by atoms with E-state index in [-0.39, 0.29) is 18.6 Å². The van der Waals surface area contributed by atoms with Crippen molar-refractivity contribution in [3.05, 3.63) is 0 Å². The zero-order valence-electron chi connectivity index (χ0n) is 26.1. The number of nitrogens with zero attached hydrogens (tertiary/aromatic N) is 1. The highest BCUT2D eigenvalue weighted by Crippen LogP contribution is 2.35. The first-order valence-electron chi connectivity index (χ1n) is 16.6. The normalized spacial score (nSPS) is 12.1. The standard InChI is InChI=1S/C32H68NO3P.ClH/c1-4-5-6-7-8-9-10-11-12-13-14-15-18-21-24-27-30-33(2,3)31-28-25-22-19-16-17-20-23-26-29-32-37(34,35)36;/h4-32H2,1-3H3,(H-,34,35,36);1H/p+1. The fourth-order valence-electron chi connectivity index (χ4n) is 5.47. The van der Waals surface area contributed by atoms with E-state index in [2.05, 4.69) is 21.0 Å². The van der Waals surface area contributed by atoms with E-state index in [0.717, 1.165) is 12.8 Å². The molecule has 0 aromatic heterocycles. The van der Waals surface area contributed by atoms with E-state index < -0.39 is 7.60 Å². The Kier molecular flexibility index (Phi) is 30.8. The molecule has 0 aliphatic carbocycles. The second kappa shape index (κ2) is 28.9. The molecule has 0 saturated heterocycles. The fraction of sp³-hybridized carbons (Fsp3) is 1.00. The van der Waals surface area contributed by atoms with Gasteiger partial charge < -0.3 is 14.3 Å². The van der Waals surface area contributed by atoms with Gasteiger partial charge in [0.05, 0.1) is 27.2 Å². The van der Waals surface area contributed by atoms with Gasteiger partial charge in [-0.3, -0.25) is 4.57 Å². The zero-order valence-corrected chi connectivity index (χ0v) is 27.8. The molecule has 6 heteroatoms. The molecule has 0 spiro atoms. The van der Waals surface area contributed by atoms with Crippen LogP contribution < -0.4 is 0 Å². The number of hydrogen-bond donors (Lipinski definition) is 2. The van der Waals surface area contributed by atoms with Crippen molar-refractivity contribution in [1.29, 1.82) is 0 Å². The molecule has 38 heavy (non-hydrogen) atoms. The molecular formula is C32H70ClNO3P+. The number of hydrogen-bond acceptors (Lipinski definition) is 1. The van der Waals surface area contributed by atoms with Crippen LogP contribution in [0.25, 0.3) is 0 Å². The first-order valence-corrected chi connectivity index (χ1v) is 18.4. The van der Waals surface area contributed by atoms with Gasteiger partial charge in [0, 0.05) is 6.16 Å². The van der Waals surface area contributed by atoms with Crippen molar-refractivity contribution in [3.63, 3.8) is 0 Å². The molecule has 0 aromatic rings. The average molecular weight is 583 g/mol. The van der Waals surface area contributed by atoms with Crippen LogP contribution in [-0.2, 0) is 4.57 Å². The Bertz CT molecular complexity index is 513. The van der Waals surface area contributed by atoms with Crippen LogP contribution in [0.1, 0.15) is 174 Å². The lowest BCUT2D eigenvalue weighted by Crippen LogP contribution is -2.41. The molecule has 0 atom stereocenters. The van der Waals surface area contributed by atoms with Crippen molar-refractivity contribution in [2.75, 3.05) is 33.3 Å². The quantitative estimate of drug-likeness (QED) is 0.0503. The third kappa shape index (κ3) is 34.4. The van der Waals surface area contributed by atoms with Crippen LogP contribution in [0.4, 0.5) is 0 Å². The Morgan fingerprint density at radius 1 is 0.447 bits per heavy atom. The van der Waals surface area contributed by atoms with Gasteiger partial charge in [0.2, 0.25) is 0 Å². The van der Waals surface area contributed by atoms with E-state index >= 15 is 0 Å². The summed E-state index contributed by atoms with van der Waals surface area (Å²) in [4.78, 5) is 17.7. The Hall–Kier alpha value is 0.400. The van der Waals surface area contributed by atoms with Crippen LogP contribution in [0.3, 0.4) is 0 Å². The van der Waals surface area contributed by atoms with Crippen molar-refractivity contribution in [2.45, 2.75) is 174 Å². The van der Waals surface area contributed by atoms with Gasteiger partial charge in [-0.1, -0.05) is 142 Å². The smallest absolute Gasteiger partial charge is 0.325 e. The fourth-order valence-corrected chi connectivity index (χ4v) is 6.11. The van der Waals surface area contributed by atoms with Gasteiger partial charge >= 0.3 is 7.60 Å². The summed E-state index contributed by atoms with van der Waals surface area (Å²) in [7, 11) is 1.05. The predicted molar refractivity (Wildman–Crippen MR) is 172 cm³/mol. The van der Waals surface area contributed by atoms with Crippen molar-refractivity contribution in [2.24, 2.45) is 0 Å². The van der Waals surface area contributed by atoms with Crippen LogP contribution in [-0.4, -0.2) is 47.6 Å². The van der Waals surface area contributed by atoms with Gasteiger partial charge in [-0.05, 0) is 32.1 Å². The van der Waals surface area contributed by atoms with Crippen LogP contribution >= 0.6 is 20.0 Å². The van der Waals surface area contributed by atoms with Gasteiger partial charge in [0.1, 0.15) is 0 Å². The lowest BCUT2D eigenvalue weighted by atomic mass is 10.0. The summed E-state index contributed by atoms with van der Waals surface area (Å²) in [6, 6.07) is 0.